The molecule has 1 saturated carbocycles. The highest BCUT2D eigenvalue weighted by molar-refractivity contribution is 5.78. The van der Waals surface area contributed by atoms with E-state index in [1.165, 1.54) is 32.1 Å². The maximum atomic E-state index is 12.9. The number of likely N-dealkylation sites (N-methyl/N-ethyl adjacent to an activating group) is 1. The van der Waals surface area contributed by atoms with Gasteiger partial charge in [0.1, 0.15) is 5.82 Å². The first-order valence-corrected chi connectivity index (χ1v) is 12.0. The number of nitrogens with zero attached hydrogens (tertiary/aromatic N) is 5. The van der Waals surface area contributed by atoms with Crippen LogP contribution in [0.4, 0.5) is 0 Å². The monoisotopic (exact) mass is 432 g/mol. The van der Waals surface area contributed by atoms with E-state index in [-0.39, 0.29) is 17.9 Å². The zero-order chi connectivity index (χ0) is 22.4. The minimum atomic E-state index is -0.168. The number of carbonyl (C=O) groups is 2. The third-order valence-corrected chi connectivity index (χ3v) is 6.41. The molecule has 1 aliphatic heterocycles. The molecule has 3 rings (SSSR count). The maximum absolute atomic E-state index is 12.9. The van der Waals surface area contributed by atoms with Crippen molar-refractivity contribution in [2.24, 2.45) is 11.8 Å². The van der Waals surface area contributed by atoms with E-state index in [9.17, 15) is 9.59 Å². The van der Waals surface area contributed by atoms with Gasteiger partial charge in [-0.3, -0.25) is 9.59 Å². The zero-order valence-electron chi connectivity index (χ0n) is 19.8. The van der Waals surface area contributed by atoms with Gasteiger partial charge >= 0.3 is 0 Å². The van der Waals surface area contributed by atoms with Gasteiger partial charge in [-0.1, -0.05) is 33.1 Å². The molecule has 31 heavy (non-hydrogen) atoms. The van der Waals surface area contributed by atoms with Crippen LogP contribution in [-0.2, 0) is 22.6 Å². The molecular formula is C23H40N6O2. The van der Waals surface area contributed by atoms with Crippen LogP contribution < -0.4 is 5.32 Å². The van der Waals surface area contributed by atoms with Crippen LogP contribution in [0, 0.1) is 11.8 Å². The van der Waals surface area contributed by atoms with Crippen LogP contribution in [0.3, 0.4) is 0 Å². The van der Waals surface area contributed by atoms with E-state index in [0.29, 0.717) is 50.9 Å². The summed E-state index contributed by atoms with van der Waals surface area (Å²) in [5.74, 6) is 2.98. The Hall–Kier alpha value is -1.96. The molecule has 1 atom stereocenters. The van der Waals surface area contributed by atoms with Crippen LogP contribution in [0.1, 0.15) is 76.5 Å². The van der Waals surface area contributed by atoms with Crippen LogP contribution in [0.5, 0.6) is 0 Å². The van der Waals surface area contributed by atoms with Crippen LogP contribution >= 0.6 is 0 Å². The van der Waals surface area contributed by atoms with Gasteiger partial charge in [0.25, 0.3) is 0 Å². The van der Waals surface area contributed by atoms with Gasteiger partial charge in [-0.2, -0.15) is 0 Å². The Bertz CT molecular complexity index is 738. The van der Waals surface area contributed by atoms with Gasteiger partial charge in [0.05, 0.1) is 12.6 Å². The van der Waals surface area contributed by atoms with Gasteiger partial charge in [-0.25, -0.2) is 0 Å². The molecule has 1 N–H and O–H groups in total. The summed E-state index contributed by atoms with van der Waals surface area (Å²) in [4.78, 5) is 29.2. The molecule has 1 unspecified atom stereocenters. The Morgan fingerprint density at radius 2 is 1.84 bits per heavy atom. The van der Waals surface area contributed by atoms with Crippen molar-refractivity contribution in [2.75, 3.05) is 33.7 Å². The molecule has 2 amide bonds. The minimum absolute atomic E-state index is 0.00842. The first kappa shape index (κ1) is 23.7. The summed E-state index contributed by atoms with van der Waals surface area (Å²) in [6.45, 7) is 6.72. The summed E-state index contributed by atoms with van der Waals surface area (Å²) in [6.07, 6.45) is 8.43. The second kappa shape index (κ2) is 11.1. The van der Waals surface area contributed by atoms with Crippen molar-refractivity contribution >= 4 is 11.8 Å². The van der Waals surface area contributed by atoms with Gasteiger partial charge in [0, 0.05) is 32.5 Å². The SMILES string of the molecule is CC(C)CC(NC(=O)CN(C)C)c1nnc2n1CCN(C(=O)CC1CCCCC1)CC2. The summed E-state index contributed by atoms with van der Waals surface area (Å²) >= 11 is 0. The van der Waals surface area contributed by atoms with Crippen molar-refractivity contribution in [3.8, 4) is 0 Å². The predicted molar refractivity (Wildman–Crippen MR) is 120 cm³/mol. The Labute approximate surface area is 186 Å². The molecule has 174 valence electrons. The number of amides is 2. The highest BCUT2D eigenvalue weighted by Gasteiger charge is 2.28. The summed E-state index contributed by atoms with van der Waals surface area (Å²) in [5.41, 5.74) is 0. The van der Waals surface area contributed by atoms with E-state index >= 15 is 0 Å². The normalized spacial score (nSPS) is 18.7. The summed E-state index contributed by atoms with van der Waals surface area (Å²) in [7, 11) is 3.78. The molecule has 2 heterocycles. The van der Waals surface area contributed by atoms with E-state index in [2.05, 4.69) is 33.9 Å². The van der Waals surface area contributed by atoms with Gasteiger partial charge in [0.15, 0.2) is 5.82 Å². The number of rotatable bonds is 8. The average molecular weight is 433 g/mol. The largest absolute Gasteiger partial charge is 0.345 e. The molecule has 0 bridgehead atoms. The highest BCUT2D eigenvalue weighted by Crippen LogP contribution is 2.27. The van der Waals surface area contributed by atoms with Crippen LogP contribution in [0.25, 0.3) is 0 Å². The average Bonchev–Trinajstić information content (AvgIpc) is 2.98. The standard InChI is InChI=1S/C23H40N6O2/c1-17(2)14-19(24-21(30)16-27(3)4)23-26-25-20-10-11-28(12-13-29(20)23)22(31)15-18-8-6-5-7-9-18/h17-19H,5-16H2,1-4H3,(H,24,30). The van der Waals surface area contributed by atoms with Crippen molar-refractivity contribution in [3.05, 3.63) is 11.6 Å². The van der Waals surface area contributed by atoms with Crippen LogP contribution in [0.2, 0.25) is 0 Å². The second-order valence-corrected chi connectivity index (χ2v) is 9.95. The number of hydrogen-bond acceptors (Lipinski definition) is 5. The molecule has 0 saturated heterocycles. The number of carbonyl (C=O) groups excluding carboxylic acids is 2. The van der Waals surface area contributed by atoms with E-state index in [1.807, 2.05) is 23.9 Å². The molecule has 1 aromatic rings. The van der Waals surface area contributed by atoms with E-state index < -0.39 is 0 Å². The van der Waals surface area contributed by atoms with Gasteiger partial charge in [-0.15, -0.1) is 10.2 Å². The van der Waals surface area contributed by atoms with E-state index in [1.54, 1.807) is 0 Å². The Balaban J connectivity index is 1.66. The molecule has 0 radical (unpaired) electrons. The van der Waals surface area contributed by atoms with Crippen LogP contribution in [-0.4, -0.2) is 70.1 Å². The van der Waals surface area contributed by atoms with E-state index in [4.69, 9.17) is 0 Å². The van der Waals surface area contributed by atoms with E-state index in [0.717, 1.165) is 18.1 Å². The smallest absolute Gasteiger partial charge is 0.234 e. The lowest BCUT2D eigenvalue weighted by molar-refractivity contribution is -0.132. The Morgan fingerprint density at radius 1 is 1.10 bits per heavy atom. The van der Waals surface area contributed by atoms with Crippen molar-refractivity contribution in [1.29, 1.82) is 0 Å². The quantitative estimate of drug-likeness (QED) is 0.682. The third-order valence-electron chi connectivity index (χ3n) is 6.41. The van der Waals surface area contributed by atoms with Crippen molar-refractivity contribution in [1.82, 2.24) is 29.9 Å². The van der Waals surface area contributed by atoms with Crippen LogP contribution in [0.15, 0.2) is 0 Å². The van der Waals surface area contributed by atoms with Gasteiger partial charge < -0.3 is 19.7 Å². The molecule has 8 heteroatoms. The molecule has 0 spiro atoms. The zero-order valence-corrected chi connectivity index (χ0v) is 19.8. The molecule has 0 aromatic carbocycles. The topological polar surface area (TPSA) is 83.4 Å². The summed E-state index contributed by atoms with van der Waals surface area (Å²) < 4.78 is 2.14. The van der Waals surface area contributed by atoms with Gasteiger partial charge in [0.2, 0.25) is 11.8 Å². The number of fused-ring (bicyclic) bond motifs is 1. The Morgan fingerprint density at radius 3 is 2.52 bits per heavy atom. The highest BCUT2D eigenvalue weighted by atomic mass is 16.2. The first-order chi connectivity index (χ1) is 14.8. The Kier molecular flexibility index (Phi) is 8.46. The number of nitrogens with one attached hydrogen (secondary N) is 1. The number of hydrogen-bond donors (Lipinski definition) is 1. The lowest BCUT2D eigenvalue weighted by atomic mass is 9.86. The molecule has 1 aliphatic carbocycles. The van der Waals surface area contributed by atoms with Crippen molar-refractivity contribution in [3.63, 3.8) is 0 Å². The molecule has 2 aliphatic rings. The van der Waals surface area contributed by atoms with Crippen molar-refractivity contribution in [2.45, 2.75) is 77.8 Å². The molecular weight excluding hydrogens is 392 g/mol. The summed E-state index contributed by atoms with van der Waals surface area (Å²) in [6, 6.07) is -0.168. The predicted octanol–water partition coefficient (Wildman–Crippen LogP) is 2.40. The fraction of sp³-hybridized carbons (Fsp3) is 0.826. The fourth-order valence-corrected chi connectivity index (χ4v) is 4.85. The minimum Gasteiger partial charge on any atom is -0.345 e. The first-order valence-electron chi connectivity index (χ1n) is 12.0. The fourth-order valence-electron chi connectivity index (χ4n) is 4.85. The number of aromatic nitrogens is 3. The lowest BCUT2D eigenvalue weighted by Gasteiger charge is -2.26. The molecule has 8 nitrogen and oxygen atoms in total. The maximum Gasteiger partial charge on any atom is 0.234 e. The lowest BCUT2D eigenvalue weighted by Crippen LogP contribution is -2.38. The third kappa shape index (κ3) is 6.76. The second-order valence-electron chi connectivity index (χ2n) is 9.95. The molecule has 1 fully saturated rings. The van der Waals surface area contributed by atoms with Crippen molar-refractivity contribution < 1.29 is 9.59 Å². The molecule has 1 aromatic heterocycles. The van der Waals surface area contributed by atoms with Gasteiger partial charge in [-0.05, 0) is 45.2 Å². The summed E-state index contributed by atoms with van der Waals surface area (Å²) in [5, 5.41) is 12.1.